The summed E-state index contributed by atoms with van der Waals surface area (Å²) in [5, 5.41) is 3.71. The van der Waals surface area contributed by atoms with Crippen molar-refractivity contribution < 1.29 is 9.53 Å². The van der Waals surface area contributed by atoms with Gasteiger partial charge in [-0.3, -0.25) is 9.78 Å². The number of anilines is 1. The van der Waals surface area contributed by atoms with Crippen LogP contribution in [0.1, 0.15) is 27.7 Å². The topological polar surface area (TPSA) is 77.2 Å². The molecule has 3 N–H and O–H groups in total. The summed E-state index contributed by atoms with van der Waals surface area (Å²) in [6, 6.07) is 7.20. The van der Waals surface area contributed by atoms with E-state index in [-0.39, 0.29) is 11.4 Å². The number of rotatable bonds is 3. The quantitative estimate of drug-likeness (QED) is 0.850. The number of nitrogens with zero attached hydrogens (tertiary/aromatic N) is 1. The summed E-state index contributed by atoms with van der Waals surface area (Å²) in [6.45, 7) is 7.50. The fourth-order valence-electron chi connectivity index (χ4n) is 1.98. The average molecular weight is 287 g/mol. The van der Waals surface area contributed by atoms with Gasteiger partial charge in [0.2, 0.25) is 0 Å². The smallest absolute Gasteiger partial charge is 0.261 e. The largest absolute Gasteiger partial charge is 0.479 e. The minimum atomic E-state index is -0.613. The minimum Gasteiger partial charge on any atom is -0.479 e. The van der Waals surface area contributed by atoms with Crippen molar-refractivity contribution in [1.29, 1.82) is 0 Å². The third kappa shape index (κ3) is 3.62. The Morgan fingerprint density at radius 2 is 2.05 bits per heavy atom. The molecule has 1 aromatic heterocycles. The van der Waals surface area contributed by atoms with Crippen molar-refractivity contribution in [3.63, 3.8) is 0 Å². The number of amides is 1. The minimum absolute atomic E-state index is 0.164. The van der Waals surface area contributed by atoms with E-state index < -0.39 is 6.10 Å². The lowest BCUT2D eigenvalue weighted by Gasteiger charge is -2.24. The number of nitrogens with one attached hydrogen (secondary N) is 1. The first-order valence-electron chi connectivity index (χ1n) is 6.90. The zero-order valence-electron chi connectivity index (χ0n) is 12.8. The van der Waals surface area contributed by atoms with Crippen LogP contribution in [-0.4, -0.2) is 22.5 Å². The van der Waals surface area contributed by atoms with Gasteiger partial charge in [0.25, 0.3) is 5.91 Å². The van der Waals surface area contributed by atoms with Gasteiger partial charge < -0.3 is 15.8 Å². The highest BCUT2D eigenvalue weighted by Crippen LogP contribution is 2.28. The molecule has 1 atom stereocenters. The Morgan fingerprint density at radius 3 is 2.71 bits per heavy atom. The van der Waals surface area contributed by atoms with Crippen molar-refractivity contribution in [3.8, 4) is 5.75 Å². The summed E-state index contributed by atoms with van der Waals surface area (Å²) in [6.07, 6.45) is 1.06. The zero-order chi connectivity index (χ0) is 15.6. The summed E-state index contributed by atoms with van der Waals surface area (Å²) in [4.78, 5) is 16.4. The maximum Gasteiger partial charge on any atom is 0.261 e. The predicted molar refractivity (Wildman–Crippen MR) is 84.1 cm³/mol. The molecule has 1 aromatic carbocycles. The number of aromatic nitrogens is 1. The van der Waals surface area contributed by atoms with Gasteiger partial charge in [0.05, 0.1) is 0 Å². The molecule has 0 saturated carbocycles. The number of carbonyl (C=O) groups is 1. The fraction of sp³-hybridized carbons (Fsp3) is 0.375. The van der Waals surface area contributed by atoms with Gasteiger partial charge in [-0.15, -0.1) is 0 Å². The van der Waals surface area contributed by atoms with Crippen LogP contribution in [0.15, 0.2) is 30.5 Å². The molecule has 0 radical (unpaired) electrons. The molecule has 2 rings (SSSR count). The van der Waals surface area contributed by atoms with E-state index in [1.807, 2.05) is 32.9 Å². The van der Waals surface area contributed by atoms with E-state index >= 15 is 0 Å². The van der Waals surface area contributed by atoms with E-state index in [4.69, 9.17) is 10.5 Å². The second-order valence-corrected chi connectivity index (χ2v) is 6.05. The highest BCUT2D eigenvalue weighted by Gasteiger charge is 2.21. The van der Waals surface area contributed by atoms with Gasteiger partial charge in [0, 0.05) is 22.8 Å². The van der Waals surface area contributed by atoms with E-state index in [1.54, 1.807) is 25.3 Å². The molecule has 0 aliphatic heterocycles. The lowest BCUT2D eigenvalue weighted by molar-refractivity contribution is -0.128. The van der Waals surface area contributed by atoms with Crippen molar-refractivity contribution in [2.45, 2.75) is 39.3 Å². The Hall–Kier alpha value is -2.30. The molecule has 0 bridgehead atoms. The summed E-state index contributed by atoms with van der Waals surface area (Å²) in [5.41, 5.74) is 6.93. The maximum absolute atomic E-state index is 12.1. The van der Waals surface area contributed by atoms with Crippen molar-refractivity contribution in [3.05, 3.63) is 30.5 Å². The van der Waals surface area contributed by atoms with Gasteiger partial charge >= 0.3 is 0 Å². The zero-order valence-corrected chi connectivity index (χ0v) is 12.8. The van der Waals surface area contributed by atoms with Gasteiger partial charge in [-0.05, 0) is 52.0 Å². The normalized spacial score (nSPS) is 13.0. The highest BCUT2D eigenvalue weighted by atomic mass is 16.5. The van der Waals surface area contributed by atoms with Gasteiger partial charge in [-0.1, -0.05) is 0 Å². The first-order valence-corrected chi connectivity index (χ1v) is 6.90. The molecule has 0 spiro atoms. The summed E-state index contributed by atoms with van der Waals surface area (Å²) < 4.78 is 5.76. The first kappa shape index (κ1) is 15.1. The van der Waals surface area contributed by atoms with Crippen LogP contribution < -0.4 is 15.8 Å². The molecule has 2 aromatic rings. The number of hydrogen-bond donors (Lipinski definition) is 2. The van der Waals surface area contributed by atoms with E-state index in [0.29, 0.717) is 17.0 Å². The Balaban J connectivity index is 2.24. The van der Waals surface area contributed by atoms with Gasteiger partial charge in [-0.2, -0.15) is 0 Å². The fourth-order valence-corrected chi connectivity index (χ4v) is 1.98. The molecule has 112 valence electrons. The molecule has 1 unspecified atom stereocenters. The van der Waals surface area contributed by atoms with E-state index in [9.17, 15) is 4.79 Å². The van der Waals surface area contributed by atoms with Gasteiger partial charge in [-0.25, -0.2) is 0 Å². The Morgan fingerprint density at radius 1 is 1.33 bits per heavy atom. The van der Waals surface area contributed by atoms with E-state index in [2.05, 4.69) is 10.3 Å². The molecular formula is C16H21N3O2. The van der Waals surface area contributed by atoms with Crippen LogP contribution in [0.4, 0.5) is 5.69 Å². The number of fused-ring (bicyclic) bond motifs is 1. The number of carbonyl (C=O) groups excluding carboxylic acids is 1. The van der Waals surface area contributed by atoms with Crippen LogP contribution in [-0.2, 0) is 4.79 Å². The number of hydrogen-bond acceptors (Lipinski definition) is 4. The molecule has 1 heterocycles. The van der Waals surface area contributed by atoms with Crippen LogP contribution in [0, 0.1) is 0 Å². The molecule has 21 heavy (non-hydrogen) atoms. The number of benzene rings is 1. The molecule has 1 amide bonds. The van der Waals surface area contributed by atoms with Gasteiger partial charge in [0.15, 0.2) is 6.10 Å². The van der Waals surface area contributed by atoms with Crippen LogP contribution in [0.25, 0.3) is 10.9 Å². The first-order chi connectivity index (χ1) is 9.78. The van der Waals surface area contributed by atoms with E-state index in [1.165, 1.54) is 0 Å². The summed E-state index contributed by atoms with van der Waals surface area (Å²) >= 11 is 0. The van der Waals surface area contributed by atoms with Crippen LogP contribution in [0.2, 0.25) is 0 Å². The van der Waals surface area contributed by atoms with Crippen molar-refractivity contribution in [1.82, 2.24) is 10.3 Å². The lowest BCUT2D eigenvalue weighted by Crippen LogP contribution is -2.46. The van der Waals surface area contributed by atoms with Crippen LogP contribution >= 0.6 is 0 Å². The molecule has 5 heteroatoms. The van der Waals surface area contributed by atoms with Crippen molar-refractivity contribution in [2.75, 3.05) is 5.73 Å². The molecule has 0 saturated heterocycles. The van der Waals surface area contributed by atoms with Crippen LogP contribution in [0.3, 0.4) is 0 Å². The maximum atomic E-state index is 12.1. The monoisotopic (exact) mass is 287 g/mol. The standard InChI is InChI=1S/C16H21N3O2/c1-10(15(20)19-16(2,3)4)21-13-8-7-12(17)11-6-5-9-18-14(11)13/h5-10H,17H2,1-4H3,(H,19,20). The number of nitrogen functional groups attached to an aromatic ring is 1. The number of ether oxygens (including phenoxy) is 1. The lowest BCUT2D eigenvalue weighted by atomic mass is 10.1. The Labute approximate surface area is 124 Å². The second kappa shape index (κ2) is 5.60. The molecular weight excluding hydrogens is 266 g/mol. The highest BCUT2D eigenvalue weighted by molar-refractivity contribution is 5.94. The van der Waals surface area contributed by atoms with Crippen LogP contribution in [0.5, 0.6) is 5.75 Å². The second-order valence-electron chi connectivity index (χ2n) is 6.05. The van der Waals surface area contributed by atoms with Crippen molar-refractivity contribution in [2.24, 2.45) is 0 Å². The molecule has 0 fully saturated rings. The van der Waals surface area contributed by atoms with Crippen molar-refractivity contribution >= 4 is 22.5 Å². The SMILES string of the molecule is CC(Oc1ccc(N)c2cccnc12)C(=O)NC(C)(C)C. The molecule has 0 aliphatic carbocycles. The Kier molecular flexibility index (Phi) is 4.02. The van der Waals surface area contributed by atoms with E-state index in [0.717, 1.165) is 5.39 Å². The predicted octanol–water partition coefficient (Wildman–Crippen LogP) is 2.50. The summed E-state index contributed by atoms with van der Waals surface area (Å²) in [7, 11) is 0. The Bertz CT molecular complexity index is 662. The number of pyridine rings is 1. The van der Waals surface area contributed by atoms with Gasteiger partial charge in [0.1, 0.15) is 11.3 Å². The molecule has 5 nitrogen and oxygen atoms in total. The number of nitrogens with two attached hydrogens (primary N) is 1. The summed E-state index contributed by atoms with van der Waals surface area (Å²) in [5.74, 6) is 0.389. The average Bonchev–Trinajstić information content (AvgIpc) is 2.40. The third-order valence-electron chi connectivity index (χ3n) is 2.94. The third-order valence-corrected chi connectivity index (χ3v) is 2.94. The molecule has 0 aliphatic rings.